The van der Waals surface area contributed by atoms with Gasteiger partial charge >= 0.3 is 0 Å². The summed E-state index contributed by atoms with van der Waals surface area (Å²) in [6.07, 6.45) is 5.56. The molecule has 0 aromatic carbocycles. The first-order chi connectivity index (χ1) is 8.06. The molecule has 0 radical (unpaired) electrons. The number of nitrogens with zero attached hydrogens (tertiary/aromatic N) is 1. The van der Waals surface area contributed by atoms with Gasteiger partial charge in [0.05, 0.1) is 6.10 Å². The van der Waals surface area contributed by atoms with Crippen molar-refractivity contribution in [2.75, 3.05) is 27.2 Å². The van der Waals surface area contributed by atoms with Gasteiger partial charge in [-0.2, -0.15) is 0 Å². The van der Waals surface area contributed by atoms with Gasteiger partial charge in [-0.05, 0) is 58.0 Å². The molecule has 2 bridgehead atoms. The summed E-state index contributed by atoms with van der Waals surface area (Å²) in [5.41, 5.74) is 0. The Hall–Kier alpha value is -0.120. The van der Waals surface area contributed by atoms with Crippen LogP contribution in [-0.2, 0) is 0 Å². The van der Waals surface area contributed by atoms with Crippen LogP contribution in [0.15, 0.2) is 0 Å². The fourth-order valence-corrected chi connectivity index (χ4v) is 3.87. The maximum absolute atomic E-state index is 9.84. The molecule has 2 aliphatic carbocycles. The molecule has 0 spiro atoms. The summed E-state index contributed by atoms with van der Waals surface area (Å²) in [4.78, 5) is 2.04. The normalized spacial score (nSPS) is 35.5. The van der Waals surface area contributed by atoms with Crippen molar-refractivity contribution in [3.05, 3.63) is 0 Å². The predicted molar refractivity (Wildman–Crippen MR) is 71.0 cm³/mol. The lowest BCUT2D eigenvalue weighted by molar-refractivity contribution is 0.125. The molecule has 100 valence electrons. The highest BCUT2D eigenvalue weighted by atomic mass is 16.3. The highest BCUT2D eigenvalue weighted by Gasteiger charge is 2.41. The molecule has 2 fully saturated rings. The van der Waals surface area contributed by atoms with Crippen molar-refractivity contribution in [3.63, 3.8) is 0 Å². The number of rotatable bonds is 6. The smallest absolute Gasteiger partial charge is 0.0791 e. The number of hydrogen-bond donors (Lipinski definition) is 2. The van der Waals surface area contributed by atoms with E-state index in [9.17, 15) is 5.11 Å². The van der Waals surface area contributed by atoms with Gasteiger partial charge in [0.2, 0.25) is 0 Å². The first-order valence-corrected chi connectivity index (χ1v) is 7.12. The van der Waals surface area contributed by atoms with Crippen molar-refractivity contribution in [2.45, 2.75) is 44.8 Å². The molecule has 0 amide bonds. The van der Waals surface area contributed by atoms with E-state index in [0.717, 1.165) is 30.8 Å². The number of nitrogens with one attached hydrogen (secondary N) is 1. The van der Waals surface area contributed by atoms with E-state index in [4.69, 9.17) is 0 Å². The van der Waals surface area contributed by atoms with Crippen LogP contribution in [-0.4, -0.2) is 49.3 Å². The number of likely N-dealkylation sites (N-methyl/N-ethyl adjacent to an activating group) is 1. The van der Waals surface area contributed by atoms with Crippen LogP contribution in [0.25, 0.3) is 0 Å². The number of aliphatic hydroxyl groups is 1. The Bertz CT molecular complexity index is 244. The summed E-state index contributed by atoms with van der Waals surface area (Å²) in [6.45, 7) is 3.78. The number of hydrogen-bond acceptors (Lipinski definition) is 3. The Labute approximate surface area is 106 Å². The van der Waals surface area contributed by atoms with Crippen LogP contribution in [0, 0.1) is 17.8 Å². The minimum absolute atomic E-state index is 0.244. The molecular weight excluding hydrogens is 212 g/mol. The average molecular weight is 240 g/mol. The van der Waals surface area contributed by atoms with E-state index < -0.39 is 0 Å². The molecule has 0 aromatic rings. The topological polar surface area (TPSA) is 35.5 Å². The van der Waals surface area contributed by atoms with E-state index in [1.165, 1.54) is 25.7 Å². The molecule has 2 aliphatic rings. The Morgan fingerprint density at radius 3 is 2.59 bits per heavy atom. The highest BCUT2D eigenvalue weighted by Crippen LogP contribution is 2.49. The Morgan fingerprint density at radius 1 is 1.29 bits per heavy atom. The third-order valence-corrected chi connectivity index (χ3v) is 4.69. The average Bonchev–Trinajstić information content (AvgIpc) is 2.86. The van der Waals surface area contributed by atoms with Crippen LogP contribution in [0.3, 0.4) is 0 Å². The zero-order chi connectivity index (χ0) is 12.4. The lowest BCUT2D eigenvalue weighted by atomic mass is 9.84. The van der Waals surface area contributed by atoms with Gasteiger partial charge in [-0.1, -0.05) is 6.42 Å². The first kappa shape index (κ1) is 13.3. The van der Waals surface area contributed by atoms with Gasteiger partial charge in [-0.25, -0.2) is 0 Å². The molecule has 5 unspecified atom stereocenters. The fraction of sp³-hybridized carbons (Fsp3) is 1.00. The number of aliphatic hydroxyl groups excluding tert-OH is 1. The maximum Gasteiger partial charge on any atom is 0.0791 e. The molecule has 0 aliphatic heterocycles. The largest absolute Gasteiger partial charge is 0.390 e. The van der Waals surface area contributed by atoms with Gasteiger partial charge < -0.3 is 15.3 Å². The summed E-state index contributed by atoms with van der Waals surface area (Å²) < 4.78 is 0. The minimum atomic E-state index is -0.244. The fourth-order valence-electron chi connectivity index (χ4n) is 3.87. The van der Waals surface area contributed by atoms with Gasteiger partial charge in [-0.15, -0.1) is 0 Å². The molecular formula is C14H28N2O. The van der Waals surface area contributed by atoms with Crippen LogP contribution in [0.4, 0.5) is 0 Å². The third-order valence-electron chi connectivity index (χ3n) is 4.69. The highest BCUT2D eigenvalue weighted by molar-refractivity contribution is 4.94. The van der Waals surface area contributed by atoms with E-state index in [-0.39, 0.29) is 6.10 Å². The molecule has 0 saturated heterocycles. The van der Waals surface area contributed by atoms with Gasteiger partial charge in [0, 0.05) is 19.1 Å². The quantitative estimate of drug-likeness (QED) is 0.735. The van der Waals surface area contributed by atoms with E-state index in [0.29, 0.717) is 6.04 Å². The molecule has 0 heterocycles. The van der Waals surface area contributed by atoms with Crippen molar-refractivity contribution in [1.29, 1.82) is 0 Å². The second-order valence-electron chi connectivity index (χ2n) is 6.45. The van der Waals surface area contributed by atoms with Crippen molar-refractivity contribution in [2.24, 2.45) is 17.8 Å². The summed E-state index contributed by atoms with van der Waals surface area (Å²) in [5, 5.41) is 13.4. The molecule has 5 atom stereocenters. The van der Waals surface area contributed by atoms with Crippen molar-refractivity contribution >= 4 is 0 Å². The van der Waals surface area contributed by atoms with Gasteiger partial charge in [0.25, 0.3) is 0 Å². The third kappa shape index (κ3) is 3.43. The van der Waals surface area contributed by atoms with E-state index >= 15 is 0 Å². The lowest BCUT2D eigenvalue weighted by Gasteiger charge is -2.29. The maximum atomic E-state index is 9.84. The Morgan fingerprint density at radius 2 is 2.06 bits per heavy atom. The number of fused-ring (bicyclic) bond motifs is 2. The van der Waals surface area contributed by atoms with Gasteiger partial charge in [0.1, 0.15) is 0 Å². The monoisotopic (exact) mass is 240 g/mol. The van der Waals surface area contributed by atoms with Crippen LogP contribution in [0.2, 0.25) is 0 Å². The zero-order valence-electron chi connectivity index (χ0n) is 11.5. The minimum Gasteiger partial charge on any atom is -0.390 e. The Balaban J connectivity index is 1.69. The molecule has 17 heavy (non-hydrogen) atoms. The lowest BCUT2D eigenvalue weighted by Crippen LogP contribution is -2.42. The van der Waals surface area contributed by atoms with E-state index in [1.807, 2.05) is 19.0 Å². The van der Waals surface area contributed by atoms with E-state index in [2.05, 4.69) is 12.2 Å². The van der Waals surface area contributed by atoms with Crippen LogP contribution in [0.1, 0.15) is 32.6 Å². The molecule has 2 rings (SSSR count). The van der Waals surface area contributed by atoms with Crippen molar-refractivity contribution in [3.8, 4) is 0 Å². The summed E-state index contributed by atoms with van der Waals surface area (Å²) in [7, 11) is 4.01. The van der Waals surface area contributed by atoms with Gasteiger partial charge in [0.15, 0.2) is 0 Å². The molecule has 0 aromatic heterocycles. The second-order valence-corrected chi connectivity index (χ2v) is 6.45. The summed E-state index contributed by atoms with van der Waals surface area (Å²) in [5.74, 6) is 2.84. The second kappa shape index (κ2) is 5.68. The van der Waals surface area contributed by atoms with Crippen LogP contribution < -0.4 is 5.32 Å². The molecule has 2 N–H and O–H groups in total. The Kier molecular flexibility index (Phi) is 4.45. The predicted octanol–water partition coefficient (Wildman–Crippen LogP) is 1.32. The first-order valence-electron chi connectivity index (χ1n) is 7.12. The van der Waals surface area contributed by atoms with Crippen LogP contribution in [0.5, 0.6) is 0 Å². The summed E-state index contributed by atoms with van der Waals surface area (Å²) in [6, 6.07) is 0.571. The standard InChI is InChI=1S/C14H28N2O/c1-10(15-8-13(17)9-16(2)3)14-7-11-4-5-12(14)6-11/h10-15,17H,4-9H2,1-3H3. The molecule has 2 saturated carbocycles. The summed E-state index contributed by atoms with van der Waals surface area (Å²) >= 11 is 0. The SMILES string of the molecule is CC(NCC(O)CN(C)C)C1CC2CCC1C2. The van der Waals surface area contributed by atoms with Crippen molar-refractivity contribution < 1.29 is 5.11 Å². The van der Waals surface area contributed by atoms with Gasteiger partial charge in [-0.3, -0.25) is 0 Å². The zero-order valence-corrected chi connectivity index (χ0v) is 11.5. The van der Waals surface area contributed by atoms with E-state index in [1.54, 1.807) is 0 Å². The van der Waals surface area contributed by atoms with Crippen molar-refractivity contribution in [1.82, 2.24) is 10.2 Å². The molecule has 3 nitrogen and oxygen atoms in total. The van der Waals surface area contributed by atoms with Crippen LogP contribution >= 0.6 is 0 Å². The molecule has 3 heteroatoms.